The number of aliphatic hydroxyl groups is 1. The Bertz CT molecular complexity index is 372. The van der Waals surface area contributed by atoms with E-state index >= 15 is 0 Å². The van der Waals surface area contributed by atoms with E-state index in [0.717, 1.165) is 25.7 Å². The third-order valence-corrected chi connectivity index (χ3v) is 3.86. The average Bonchev–Trinajstić information content (AvgIpc) is 2.56. The van der Waals surface area contributed by atoms with Crippen LogP contribution in [0.15, 0.2) is 18.2 Å². The molecule has 0 aromatic heterocycles. The van der Waals surface area contributed by atoms with Crippen LogP contribution in [0.4, 0.5) is 4.39 Å². The molecule has 1 aliphatic rings. The smallest absolute Gasteiger partial charge is 0.130 e. The molecule has 0 amide bonds. The number of aliphatic hydroxyl groups excluding tert-OH is 1. The van der Waals surface area contributed by atoms with E-state index in [-0.39, 0.29) is 5.92 Å². The molecule has 1 fully saturated rings. The first-order valence-electron chi connectivity index (χ1n) is 6.31. The normalized spacial score (nSPS) is 19.9. The van der Waals surface area contributed by atoms with Gasteiger partial charge in [-0.25, -0.2) is 4.39 Å². The second-order valence-electron chi connectivity index (χ2n) is 4.86. The zero-order chi connectivity index (χ0) is 12.3. The lowest BCUT2D eigenvalue weighted by Crippen LogP contribution is -2.13. The average molecular weight is 257 g/mol. The fraction of sp³-hybridized carbons (Fsp3) is 0.571. The minimum atomic E-state index is -0.689. The van der Waals surface area contributed by atoms with Crippen molar-refractivity contribution in [1.82, 2.24) is 0 Å². The Morgan fingerprint density at radius 3 is 2.41 bits per heavy atom. The van der Waals surface area contributed by atoms with Crippen LogP contribution in [0.3, 0.4) is 0 Å². The summed E-state index contributed by atoms with van der Waals surface area (Å²) in [4.78, 5) is 0. The Labute approximate surface area is 107 Å². The van der Waals surface area contributed by atoms with Gasteiger partial charge in [-0.15, -0.1) is 0 Å². The van der Waals surface area contributed by atoms with Crippen LogP contribution in [0.1, 0.15) is 50.2 Å². The van der Waals surface area contributed by atoms with Gasteiger partial charge in [-0.3, -0.25) is 0 Å². The summed E-state index contributed by atoms with van der Waals surface area (Å²) in [6.07, 6.45) is 6.02. The monoisotopic (exact) mass is 256 g/mol. The summed E-state index contributed by atoms with van der Waals surface area (Å²) in [5, 5.41) is 10.6. The van der Waals surface area contributed by atoms with Crippen LogP contribution in [0, 0.1) is 11.7 Å². The molecule has 3 heteroatoms. The Morgan fingerprint density at radius 2 is 1.82 bits per heavy atom. The fourth-order valence-corrected chi connectivity index (χ4v) is 2.78. The molecule has 94 valence electrons. The number of hydrogen-bond acceptors (Lipinski definition) is 1. The van der Waals surface area contributed by atoms with Crippen molar-refractivity contribution in [2.24, 2.45) is 5.92 Å². The Hall–Kier alpha value is -0.600. The van der Waals surface area contributed by atoms with Gasteiger partial charge in [0.2, 0.25) is 0 Å². The summed E-state index contributed by atoms with van der Waals surface area (Å²) in [6.45, 7) is 0. The van der Waals surface area contributed by atoms with E-state index in [1.54, 1.807) is 12.1 Å². The van der Waals surface area contributed by atoms with Crippen molar-refractivity contribution in [2.45, 2.75) is 44.6 Å². The lowest BCUT2D eigenvalue weighted by atomic mass is 9.89. The first-order valence-corrected chi connectivity index (χ1v) is 6.69. The van der Waals surface area contributed by atoms with E-state index in [1.165, 1.54) is 18.9 Å². The van der Waals surface area contributed by atoms with Crippen molar-refractivity contribution >= 4 is 11.6 Å². The first-order chi connectivity index (χ1) is 8.18. The van der Waals surface area contributed by atoms with Gasteiger partial charge in [0.05, 0.1) is 6.10 Å². The van der Waals surface area contributed by atoms with Crippen LogP contribution in [-0.4, -0.2) is 5.11 Å². The summed E-state index contributed by atoms with van der Waals surface area (Å²) in [7, 11) is 0. The summed E-state index contributed by atoms with van der Waals surface area (Å²) < 4.78 is 13.7. The zero-order valence-electron chi connectivity index (χ0n) is 9.83. The highest BCUT2D eigenvalue weighted by molar-refractivity contribution is 6.30. The fourth-order valence-electron chi connectivity index (χ4n) is 2.62. The van der Waals surface area contributed by atoms with Crippen molar-refractivity contribution in [1.29, 1.82) is 0 Å². The van der Waals surface area contributed by atoms with Crippen molar-refractivity contribution in [3.8, 4) is 0 Å². The molecule has 0 bridgehead atoms. The van der Waals surface area contributed by atoms with Gasteiger partial charge in [-0.05, 0) is 30.9 Å². The molecule has 1 atom stereocenters. The zero-order valence-corrected chi connectivity index (χ0v) is 10.6. The molecule has 1 N–H and O–H groups in total. The maximum Gasteiger partial charge on any atom is 0.130 e. The molecule has 2 rings (SSSR count). The molecule has 1 saturated carbocycles. The van der Waals surface area contributed by atoms with Gasteiger partial charge in [0.1, 0.15) is 5.82 Å². The summed E-state index contributed by atoms with van der Waals surface area (Å²) in [6, 6.07) is 4.52. The van der Waals surface area contributed by atoms with Gasteiger partial charge in [-0.1, -0.05) is 43.4 Å². The van der Waals surface area contributed by atoms with Gasteiger partial charge < -0.3 is 5.11 Å². The van der Waals surface area contributed by atoms with E-state index in [4.69, 9.17) is 11.6 Å². The predicted octanol–water partition coefficient (Wildman–Crippen LogP) is 4.48. The molecule has 1 unspecified atom stereocenters. The minimum Gasteiger partial charge on any atom is -0.388 e. The molecule has 17 heavy (non-hydrogen) atoms. The van der Waals surface area contributed by atoms with Gasteiger partial charge in [0.25, 0.3) is 0 Å². The number of benzene rings is 1. The molecule has 1 aliphatic carbocycles. The predicted molar refractivity (Wildman–Crippen MR) is 67.6 cm³/mol. The van der Waals surface area contributed by atoms with Crippen LogP contribution >= 0.6 is 11.6 Å². The van der Waals surface area contributed by atoms with Gasteiger partial charge in [0.15, 0.2) is 0 Å². The van der Waals surface area contributed by atoms with E-state index in [2.05, 4.69) is 0 Å². The Balaban J connectivity index is 2.14. The first kappa shape index (κ1) is 12.8. The van der Waals surface area contributed by atoms with Gasteiger partial charge in [0, 0.05) is 10.6 Å². The minimum absolute atomic E-state index is 0.188. The quantitative estimate of drug-likeness (QED) is 0.774. The van der Waals surface area contributed by atoms with Crippen molar-refractivity contribution < 1.29 is 9.50 Å². The third kappa shape index (κ3) is 3.20. The highest BCUT2D eigenvalue weighted by Gasteiger charge is 2.24. The van der Waals surface area contributed by atoms with Crippen LogP contribution in [-0.2, 0) is 0 Å². The SMILES string of the molecule is OC(c1ccc(Cl)cc1F)C1CCCCCC1. The topological polar surface area (TPSA) is 20.2 Å². The third-order valence-electron chi connectivity index (χ3n) is 3.63. The van der Waals surface area contributed by atoms with E-state index in [9.17, 15) is 9.50 Å². The summed E-state index contributed by atoms with van der Waals surface area (Å²) in [5.74, 6) is -0.206. The molecule has 1 nitrogen and oxygen atoms in total. The van der Waals surface area contributed by atoms with Gasteiger partial charge >= 0.3 is 0 Å². The van der Waals surface area contributed by atoms with E-state index < -0.39 is 11.9 Å². The maximum absolute atomic E-state index is 13.7. The lowest BCUT2D eigenvalue weighted by Gasteiger charge is -2.22. The molecule has 0 radical (unpaired) electrons. The second-order valence-corrected chi connectivity index (χ2v) is 5.30. The van der Waals surface area contributed by atoms with Crippen LogP contribution in [0.5, 0.6) is 0 Å². The Kier molecular flexibility index (Phi) is 4.41. The highest BCUT2D eigenvalue weighted by Crippen LogP contribution is 2.34. The summed E-state index contributed by atoms with van der Waals surface area (Å²) >= 11 is 5.71. The molecule has 0 heterocycles. The molecule has 1 aromatic rings. The van der Waals surface area contributed by atoms with Crippen molar-refractivity contribution in [3.05, 3.63) is 34.6 Å². The molecule has 0 spiro atoms. The maximum atomic E-state index is 13.7. The molecular weight excluding hydrogens is 239 g/mol. The van der Waals surface area contributed by atoms with Crippen LogP contribution in [0.2, 0.25) is 5.02 Å². The second kappa shape index (κ2) is 5.83. The summed E-state index contributed by atoms with van der Waals surface area (Å²) in [5.41, 5.74) is 0.390. The lowest BCUT2D eigenvalue weighted by molar-refractivity contribution is 0.0952. The van der Waals surface area contributed by atoms with Crippen molar-refractivity contribution in [2.75, 3.05) is 0 Å². The van der Waals surface area contributed by atoms with E-state index in [0.29, 0.717) is 10.6 Å². The number of halogens is 2. The van der Waals surface area contributed by atoms with Crippen molar-refractivity contribution in [3.63, 3.8) is 0 Å². The van der Waals surface area contributed by atoms with E-state index in [1.807, 2.05) is 0 Å². The molecule has 0 saturated heterocycles. The molecular formula is C14H18ClFO. The molecule has 1 aromatic carbocycles. The standard InChI is InChI=1S/C14H18ClFO/c15-11-7-8-12(13(16)9-11)14(17)10-5-3-1-2-4-6-10/h7-10,14,17H,1-6H2. The van der Waals surface area contributed by atoms with Gasteiger partial charge in [-0.2, -0.15) is 0 Å². The Morgan fingerprint density at radius 1 is 1.18 bits per heavy atom. The highest BCUT2D eigenvalue weighted by atomic mass is 35.5. The molecule has 0 aliphatic heterocycles. The van der Waals surface area contributed by atoms with Crippen LogP contribution in [0.25, 0.3) is 0 Å². The number of hydrogen-bond donors (Lipinski definition) is 1. The number of rotatable bonds is 2. The largest absolute Gasteiger partial charge is 0.388 e. The van der Waals surface area contributed by atoms with Crippen LogP contribution < -0.4 is 0 Å².